The first-order valence-electron chi connectivity index (χ1n) is 7.39. The Labute approximate surface area is 130 Å². The van der Waals surface area contributed by atoms with Gasteiger partial charge in [0, 0.05) is 0 Å². The number of carbonyl (C=O) groups is 2. The molecule has 2 atom stereocenters. The number of aliphatic hydroxyl groups is 1. The molecule has 1 aromatic carbocycles. The standard InChI is InChI=1S/C16H23NO5/c1-12(18)14(15(19)20)17-16(21)22-11-7-3-6-10-13-8-4-2-5-9-13/h2,4-5,8-9,12,14,18H,3,6-7,10-11H2,1H3,(H,17,21)(H,19,20)/t12-,14+/m0/s1. The number of alkyl carbamates (subject to hydrolysis) is 1. The van der Waals surface area contributed by atoms with Gasteiger partial charge in [-0.3, -0.25) is 0 Å². The summed E-state index contributed by atoms with van der Waals surface area (Å²) < 4.78 is 4.90. The minimum atomic E-state index is -1.36. The molecule has 0 aromatic heterocycles. The number of aliphatic hydroxyl groups excluding tert-OH is 1. The zero-order valence-electron chi connectivity index (χ0n) is 12.7. The van der Waals surface area contributed by atoms with Gasteiger partial charge in [-0.05, 0) is 38.2 Å². The highest BCUT2D eigenvalue weighted by molar-refractivity contribution is 5.80. The maximum atomic E-state index is 11.4. The predicted octanol–water partition coefficient (Wildman–Crippen LogP) is 1.96. The summed E-state index contributed by atoms with van der Waals surface area (Å²) in [4.78, 5) is 22.2. The number of unbranched alkanes of at least 4 members (excludes halogenated alkanes) is 2. The van der Waals surface area contributed by atoms with E-state index in [0.717, 1.165) is 19.3 Å². The van der Waals surface area contributed by atoms with E-state index in [4.69, 9.17) is 9.84 Å². The fraction of sp³-hybridized carbons (Fsp3) is 0.500. The molecule has 6 heteroatoms. The smallest absolute Gasteiger partial charge is 0.407 e. The number of rotatable bonds is 9. The van der Waals surface area contributed by atoms with Crippen LogP contribution in [0.4, 0.5) is 4.79 Å². The van der Waals surface area contributed by atoms with Gasteiger partial charge in [0.05, 0.1) is 12.7 Å². The highest BCUT2D eigenvalue weighted by atomic mass is 16.5. The molecular weight excluding hydrogens is 286 g/mol. The normalized spacial score (nSPS) is 13.2. The van der Waals surface area contributed by atoms with Crippen LogP contribution in [0.15, 0.2) is 30.3 Å². The minimum Gasteiger partial charge on any atom is -0.480 e. The second-order valence-electron chi connectivity index (χ2n) is 5.13. The molecular formula is C16H23NO5. The van der Waals surface area contributed by atoms with Crippen molar-refractivity contribution in [3.8, 4) is 0 Å². The molecule has 0 aliphatic carbocycles. The monoisotopic (exact) mass is 309 g/mol. The van der Waals surface area contributed by atoms with Crippen molar-refractivity contribution in [3.05, 3.63) is 35.9 Å². The number of carbonyl (C=O) groups excluding carboxylic acids is 1. The molecule has 0 aliphatic heterocycles. The summed E-state index contributed by atoms with van der Waals surface area (Å²) in [6.45, 7) is 1.52. The Hall–Kier alpha value is -2.08. The topological polar surface area (TPSA) is 95.9 Å². The molecule has 6 nitrogen and oxygen atoms in total. The summed E-state index contributed by atoms with van der Waals surface area (Å²) in [6.07, 6.45) is 1.61. The first kappa shape index (κ1) is 18.0. The van der Waals surface area contributed by atoms with Crippen molar-refractivity contribution < 1.29 is 24.5 Å². The second-order valence-corrected chi connectivity index (χ2v) is 5.13. The van der Waals surface area contributed by atoms with Crippen LogP contribution in [0, 0.1) is 0 Å². The van der Waals surface area contributed by atoms with E-state index in [-0.39, 0.29) is 6.61 Å². The van der Waals surface area contributed by atoms with Crippen LogP contribution in [0.25, 0.3) is 0 Å². The van der Waals surface area contributed by atoms with Crippen molar-refractivity contribution in [2.24, 2.45) is 0 Å². The van der Waals surface area contributed by atoms with Gasteiger partial charge in [0.25, 0.3) is 0 Å². The fourth-order valence-corrected chi connectivity index (χ4v) is 1.97. The molecule has 0 saturated carbocycles. The van der Waals surface area contributed by atoms with Crippen molar-refractivity contribution in [2.75, 3.05) is 6.61 Å². The zero-order chi connectivity index (χ0) is 16.4. The highest BCUT2D eigenvalue weighted by Gasteiger charge is 2.25. The van der Waals surface area contributed by atoms with Crippen molar-refractivity contribution in [1.29, 1.82) is 0 Å². The van der Waals surface area contributed by atoms with Crippen molar-refractivity contribution in [3.63, 3.8) is 0 Å². The van der Waals surface area contributed by atoms with Crippen molar-refractivity contribution in [1.82, 2.24) is 5.32 Å². The molecule has 3 N–H and O–H groups in total. The first-order chi connectivity index (χ1) is 10.5. The van der Waals surface area contributed by atoms with E-state index in [1.165, 1.54) is 12.5 Å². The van der Waals surface area contributed by atoms with Crippen LogP contribution in [-0.2, 0) is 16.0 Å². The fourth-order valence-electron chi connectivity index (χ4n) is 1.97. The van der Waals surface area contributed by atoms with Crippen LogP contribution in [0.3, 0.4) is 0 Å². The van der Waals surface area contributed by atoms with Crippen LogP contribution in [0.2, 0.25) is 0 Å². The predicted molar refractivity (Wildman–Crippen MR) is 81.6 cm³/mol. The molecule has 22 heavy (non-hydrogen) atoms. The molecule has 1 amide bonds. The molecule has 0 unspecified atom stereocenters. The third kappa shape index (κ3) is 7.08. The highest BCUT2D eigenvalue weighted by Crippen LogP contribution is 2.06. The zero-order valence-corrected chi connectivity index (χ0v) is 12.7. The van der Waals surface area contributed by atoms with Crippen molar-refractivity contribution >= 4 is 12.1 Å². The van der Waals surface area contributed by atoms with Gasteiger partial charge < -0.3 is 20.3 Å². The number of ether oxygens (including phenoxy) is 1. The Morgan fingerprint density at radius 3 is 2.45 bits per heavy atom. The quantitative estimate of drug-likeness (QED) is 0.606. The Morgan fingerprint density at radius 2 is 1.86 bits per heavy atom. The lowest BCUT2D eigenvalue weighted by atomic mass is 10.1. The van der Waals surface area contributed by atoms with Crippen molar-refractivity contribution in [2.45, 2.75) is 44.8 Å². The summed E-state index contributed by atoms with van der Waals surface area (Å²) >= 11 is 0. The molecule has 1 rings (SSSR count). The average Bonchev–Trinajstić information content (AvgIpc) is 2.48. The number of aliphatic carboxylic acids is 1. The second kappa shape index (κ2) is 9.78. The number of carboxylic acids is 1. The number of hydrogen-bond acceptors (Lipinski definition) is 4. The third-order valence-electron chi connectivity index (χ3n) is 3.21. The minimum absolute atomic E-state index is 0.229. The van der Waals surface area contributed by atoms with E-state index >= 15 is 0 Å². The first-order valence-corrected chi connectivity index (χ1v) is 7.39. The van der Waals surface area contributed by atoms with Crippen LogP contribution in [-0.4, -0.2) is 41.0 Å². The van der Waals surface area contributed by atoms with E-state index in [9.17, 15) is 14.7 Å². The summed E-state index contributed by atoms with van der Waals surface area (Å²) in [5.74, 6) is -1.30. The van der Waals surface area contributed by atoms with Crippen LogP contribution in [0.1, 0.15) is 31.7 Å². The van der Waals surface area contributed by atoms with Gasteiger partial charge in [0.2, 0.25) is 0 Å². The van der Waals surface area contributed by atoms with Gasteiger partial charge in [-0.2, -0.15) is 0 Å². The molecule has 0 saturated heterocycles. The van der Waals surface area contributed by atoms with E-state index in [2.05, 4.69) is 17.4 Å². The van der Waals surface area contributed by atoms with E-state index in [1.807, 2.05) is 18.2 Å². The van der Waals surface area contributed by atoms with Gasteiger partial charge in [0.1, 0.15) is 0 Å². The Balaban J connectivity index is 2.11. The lowest BCUT2D eigenvalue weighted by Crippen LogP contribution is -2.47. The van der Waals surface area contributed by atoms with Gasteiger partial charge >= 0.3 is 12.1 Å². The molecule has 0 fully saturated rings. The molecule has 0 spiro atoms. The maximum absolute atomic E-state index is 11.4. The summed E-state index contributed by atoms with van der Waals surface area (Å²) in [6, 6.07) is 8.78. The summed E-state index contributed by atoms with van der Waals surface area (Å²) in [7, 11) is 0. The third-order valence-corrected chi connectivity index (χ3v) is 3.21. The molecule has 1 aromatic rings. The number of aryl methyl sites for hydroxylation is 1. The number of benzene rings is 1. The Kier molecular flexibility index (Phi) is 7.99. The molecule has 0 radical (unpaired) electrons. The lowest BCUT2D eigenvalue weighted by molar-refractivity contribution is -0.142. The number of carboxylic acid groups (broad SMARTS) is 1. The maximum Gasteiger partial charge on any atom is 0.407 e. The lowest BCUT2D eigenvalue weighted by Gasteiger charge is -2.16. The van der Waals surface area contributed by atoms with E-state index < -0.39 is 24.2 Å². The SMILES string of the molecule is C[C@H](O)[C@@H](NC(=O)OCCCCCc1ccccc1)C(=O)O. The molecule has 0 heterocycles. The molecule has 0 bridgehead atoms. The van der Waals surface area contributed by atoms with Crippen LogP contribution in [0.5, 0.6) is 0 Å². The van der Waals surface area contributed by atoms with Gasteiger partial charge in [0.15, 0.2) is 6.04 Å². The number of nitrogens with one attached hydrogen (secondary N) is 1. The van der Waals surface area contributed by atoms with Gasteiger partial charge in [-0.15, -0.1) is 0 Å². The van der Waals surface area contributed by atoms with Gasteiger partial charge in [-0.1, -0.05) is 30.3 Å². The molecule has 122 valence electrons. The van der Waals surface area contributed by atoms with Crippen LogP contribution < -0.4 is 5.32 Å². The van der Waals surface area contributed by atoms with Gasteiger partial charge in [-0.25, -0.2) is 9.59 Å². The average molecular weight is 309 g/mol. The van der Waals surface area contributed by atoms with E-state index in [0.29, 0.717) is 6.42 Å². The number of hydrogen-bond donors (Lipinski definition) is 3. The Morgan fingerprint density at radius 1 is 1.18 bits per heavy atom. The largest absolute Gasteiger partial charge is 0.480 e. The number of amides is 1. The summed E-state index contributed by atoms with van der Waals surface area (Å²) in [5.41, 5.74) is 1.28. The van der Waals surface area contributed by atoms with E-state index in [1.54, 1.807) is 0 Å². The summed E-state index contributed by atoms with van der Waals surface area (Å²) in [5, 5.41) is 20.2. The Bertz CT molecular complexity index is 461. The van der Waals surface area contributed by atoms with Crippen LogP contribution >= 0.6 is 0 Å². The molecule has 0 aliphatic rings.